The Labute approximate surface area is 160 Å². The van der Waals surface area contributed by atoms with E-state index in [4.69, 9.17) is 4.74 Å². The third kappa shape index (κ3) is 3.97. The van der Waals surface area contributed by atoms with Crippen LogP contribution >= 0.6 is 0 Å². The van der Waals surface area contributed by atoms with Gasteiger partial charge >= 0.3 is 0 Å². The maximum Gasteiger partial charge on any atom is 0.232 e. The summed E-state index contributed by atoms with van der Waals surface area (Å²) in [4.78, 5) is 29.2. The van der Waals surface area contributed by atoms with Crippen molar-refractivity contribution in [1.82, 2.24) is 0 Å². The molecule has 0 N–H and O–H groups in total. The van der Waals surface area contributed by atoms with Gasteiger partial charge in [-0.2, -0.15) is 0 Å². The van der Waals surface area contributed by atoms with Crippen LogP contribution in [0.3, 0.4) is 0 Å². The molecule has 1 unspecified atom stereocenters. The van der Waals surface area contributed by atoms with Crippen molar-refractivity contribution < 1.29 is 14.3 Å². The molecule has 0 bridgehead atoms. The van der Waals surface area contributed by atoms with Crippen molar-refractivity contribution >= 4 is 23.2 Å². The van der Waals surface area contributed by atoms with Crippen LogP contribution in [0.25, 0.3) is 0 Å². The van der Waals surface area contributed by atoms with E-state index < -0.39 is 0 Å². The average molecular weight is 366 g/mol. The normalized spacial score (nSPS) is 16.5. The van der Waals surface area contributed by atoms with Crippen LogP contribution in [-0.4, -0.2) is 31.5 Å². The highest BCUT2D eigenvalue weighted by atomic mass is 16.5. The Bertz CT molecular complexity index is 834. The fourth-order valence-electron chi connectivity index (χ4n) is 3.55. The fraction of sp³-hybridized carbons (Fsp3) is 0.364. The van der Waals surface area contributed by atoms with Crippen molar-refractivity contribution in [2.24, 2.45) is 5.92 Å². The number of hydrogen-bond acceptors (Lipinski definition) is 3. The van der Waals surface area contributed by atoms with E-state index in [1.807, 2.05) is 69.3 Å². The van der Waals surface area contributed by atoms with Crippen molar-refractivity contribution in [1.29, 1.82) is 0 Å². The Morgan fingerprint density at radius 2 is 1.96 bits per heavy atom. The van der Waals surface area contributed by atoms with E-state index in [-0.39, 0.29) is 24.2 Å². The summed E-state index contributed by atoms with van der Waals surface area (Å²) in [6.45, 7) is 7.35. The fourth-order valence-corrected chi connectivity index (χ4v) is 3.55. The first kappa shape index (κ1) is 19.0. The molecule has 0 radical (unpaired) electrons. The van der Waals surface area contributed by atoms with E-state index >= 15 is 0 Å². The highest BCUT2D eigenvalue weighted by molar-refractivity contribution is 6.05. The molecular formula is C22H26N2O3. The molecule has 1 fully saturated rings. The number of aryl methyl sites for hydroxylation is 1. The Hall–Kier alpha value is -2.82. The second kappa shape index (κ2) is 8.25. The van der Waals surface area contributed by atoms with Crippen LogP contribution in [-0.2, 0) is 9.59 Å². The summed E-state index contributed by atoms with van der Waals surface area (Å²) in [5.41, 5.74) is 2.72. The van der Waals surface area contributed by atoms with Crippen molar-refractivity contribution in [3.05, 3.63) is 54.1 Å². The number of rotatable bonds is 6. The van der Waals surface area contributed by atoms with Gasteiger partial charge in [-0.05, 0) is 50.6 Å². The van der Waals surface area contributed by atoms with E-state index in [9.17, 15) is 9.59 Å². The lowest BCUT2D eigenvalue weighted by Crippen LogP contribution is -2.37. The summed E-state index contributed by atoms with van der Waals surface area (Å²) in [7, 11) is 0. The van der Waals surface area contributed by atoms with Crippen LogP contribution in [0.4, 0.5) is 11.4 Å². The summed E-state index contributed by atoms with van der Waals surface area (Å²) < 4.78 is 5.66. The topological polar surface area (TPSA) is 49.9 Å². The highest BCUT2D eigenvalue weighted by Crippen LogP contribution is 2.34. The van der Waals surface area contributed by atoms with Gasteiger partial charge in [-0.1, -0.05) is 24.3 Å². The third-order valence-corrected chi connectivity index (χ3v) is 4.83. The van der Waals surface area contributed by atoms with Crippen molar-refractivity contribution in [2.75, 3.05) is 29.5 Å². The van der Waals surface area contributed by atoms with Gasteiger partial charge < -0.3 is 14.5 Å². The van der Waals surface area contributed by atoms with Gasteiger partial charge in [-0.25, -0.2) is 0 Å². The molecule has 5 nitrogen and oxygen atoms in total. The smallest absolute Gasteiger partial charge is 0.232 e. The predicted octanol–water partition coefficient (Wildman–Crippen LogP) is 3.80. The third-order valence-electron chi connectivity index (χ3n) is 4.83. The number of carbonyl (C=O) groups is 2. The summed E-state index contributed by atoms with van der Waals surface area (Å²) in [5, 5.41) is 0. The molecule has 1 saturated heterocycles. The lowest BCUT2D eigenvalue weighted by molar-refractivity contribution is -0.124. The molecule has 0 aromatic heterocycles. The minimum atomic E-state index is -0.354. The Kier molecular flexibility index (Phi) is 5.79. The molecule has 3 rings (SSSR count). The maximum atomic E-state index is 13.1. The van der Waals surface area contributed by atoms with Crippen molar-refractivity contribution in [3.63, 3.8) is 0 Å². The molecule has 2 aromatic carbocycles. The number of para-hydroxylation sites is 2. The van der Waals surface area contributed by atoms with E-state index in [1.165, 1.54) is 0 Å². The number of ether oxygens (including phenoxy) is 1. The predicted molar refractivity (Wildman–Crippen MR) is 107 cm³/mol. The van der Waals surface area contributed by atoms with Gasteiger partial charge in [0.1, 0.15) is 5.75 Å². The minimum absolute atomic E-state index is 0.00663. The molecule has 0 aliphatic carbocycles. The second-order valence-corrected chi connectivity index (χ2v) is 6.73. The highest BCUT2D eigenvalue weighted by Gasteiger charge is 2.38. The van der Waals surface area contributed by atoms with Crippen molar-refractivity contribution in [2.45, 2.75) is 27.2 Å². The molecule has 1 aliphatic rings. The number of benzene rings is 2. The Balaban J connectivity index is 1.81. The largest absolute Gasteiger partial charge is 0.492 e. The van der Waals surface area contributed by atoms with Crippen LogP contribution < -0.4 is 14.5 Å². The number of anilines is 2. The molecule has 142 valence electrons. The quantitative estimate of drug-likeness (QED) is 0.781. The first-order chi connectivity index (χ1) is 13.0. The zero-order valence-corrected chi connectivity index (χ0v) is 16.1. The summed E-state index contributed by atoms with van der Waals surface area (Å²) in [6, 6.07) is 15.4. The van der Waals surface area contributed by atoms with Gasteiger partial charge in [0.25, 0.3) is 0 Å². The maximum absolute atomic E-state index is 13.1. The molecule has 1 atom stereocenters. The zero-order chi connectivity index (χ0) is 19.4. The van der Waals surface area contributed by atoms with Crippen LogP contribution in [0.5, 0.6) is 5.75 Å². The van der Waals surface area contributed by atoms with Crippen LogP contribution in [0.1, 0.15) is 25.8 Å². The molecule has 1 heterocycles. The average Bonchev–Trinajstić information content (AvgIpc) is 3.05. The Morgan fingerprint density at radius 1 is 1.19 bits per heavy atom. The van der Waals surface area contributed by atoms with E-state index in [0.717, 1.165) is 16.9 Å². The SMILES string of the molecule is CCOc1ccccc1N1CC(C(=O)N(CC)c2cccc(C)c2)CC1=O. The van der Waals surface area contributed by atoms with Crippen LogP contribution in [0, 0.1) is 12.8 Å². The second-order valence-electron chi connectivity index (χ2n) is 6.73. The molecule has 0 saturated carbocycles. The van der Waals surface area contributed by atoms with Crippen LogP contribution in [0.2, 0.25) is 0 Å². The molecule has 2 amide bonds. The van der Waals surface area contributed by atoms with Gasteiger partial charge in [0.05, 0.1) is 18.2 Å². The Morgan fingerprint density at radius 3 is 2.67 bits per heavy atom. The van der Waals surface area contributed by atoms with E-state index in [2.05, 4.69) is 0 Å². The first-order valence-corrected chi connectivity index (χ1v) is 9.45. The van der Waals surface area contributed by atoms with Crippen LogP contribution in [0.15, 0.2) is 48.5 Å². The number of nitrogens with zero attached hydrogens (tertiary/aromatic N) is 2. The molecular weight excluding hydrogens is 340 g/mol. The minimum Gasteiger partial charge on any atom is -0.492 e. The lowest BCUT2D eigenvalue weighted by atomic mass is 10.1. The van der Waals surface area contributed by atoms with E-state index in [1.54, 1.807) is 9.80 Å². The van der Waals surface area contributed by atoms with Gasteiger partial charge in [0.15, 0.2) is 0 Å². The van der Waals surface area contributed by atoms with Crippen molar-refractivity contribution in [3.8, 4) is 5.75 Å². The zero-order valence-electron chi connectivity index (χ0n) is 16.1. The monoisotopic (exact) mass is 366 g/mol. The van der Waals surface area contributed by atoms with Gasteiger partial charge in [-0.15, -0.1) is 0 Å². The molecule has 27 heavy (non-hydrogen) atoms. The standard InChI is InChI=1S/C22H26N2O3/c1-4-23(18-10-8-9-16(3)13-18)22(26)17-14-21(25)24(15-17)19-11-6-7-12-20(19)27-5-2/h6-13,17H,4-5,14-15H2,1-3H3. The number of carbonyl (C=O) groups excluding carboxylic acids is 2. The number of amides is 2. The van der Waals surface area contributed by atoms with Gasteiger partial charge in [0, 0.05) is 25.2 Å². The van der Waals surface area contributed by atoms with E-state index in [0.29, 0.717) is 25.4 Å². The van der Waals surface area contributed by atoms with Gasteiger partial charge in [-0.3, -0.25) is 9.59 Å². The molecule has 1 aliphatic heterocycles. The molecule has 2 aromatic rings. The number of hydrogen-bond donors (Lipinski definition) is 0. The lowest BCUT2D eigenvalue weighted by Gasteiger charge is -2.25. The summed E-state index contributed by atoms with van der Waals surface area (Å²) in [5.74, 6) is 0.272. The summed E-state index contributed by atoms with van der Waals surface area (Å²) in [6.07, 6.45) is 0.224. The van der Waals surface area contributed by atoms with Gasteiger partial charge in [0.2, 0.25) is 11.8 Å². The molecule has 0 spiro atoms. The first-order valence-electron chi connectivity index (χ1n) is 9.45. The molecule has 5 heteroatoms. The summed E-state index contributed by atoms with van der Waals surface area (Å²) >= 11 is 0.